The van der Waals surface area contributed by atoms with E-state index in [4.69, 9.17) is 16.7 Å². The molecule has 118 valence electrons. The van der Waals surface area contributed by atoms with Crippen molar-refractivity contribution >= 4 is 21.6 Å². The lowest BCUT2D eigenvalue weighted by Crippen LogP contribution is -2.40. The molecule has 2 N–H and O–H groups in total. The second-order valence-electron chi connectivity index (χ2n) is 5.36. The van der Waals surface area contributed by atoms with Crippen LogP contribution in [-0.4, -0.2) is 44.1 Å². The fraction of sp³-hybridized carbons (Fsp3) is 0.571. The van der Waals surface area contributed by atoms with E-state index in [2.05, 4.69) is 9.62 Å². The van der Waals surface area contributed by atoms with Crippen LogP contribution in [0.1, 0.15) is 25.3 Å². The summed E-state index contributed by atoms with van der Waals surface area (Å²) in [6.45, 7) is 4.16. The molecule has 0 spiro atoms. The standard InChI is InChI=1S/C14H21ClN2O3S/c1-11(17-6-2-3-7-17)9-16-21(19,20)13-4-5-14(15)12(8-13)10-18/h4-5,8,11,16,18H,2-3,6-7,9-10H2,1H3. The lowest BCUT2D eigenvalue weighted by atomic mass is 10.2. The van der Waals surface area contributed by atoms with Crippen molar-refractivity contribution in [3.05, 3.63) is 28.8 Å². The van der Waals surface area contributed by atoms with Crippen molar-refractivity contribution in [2.75, 3.05) is 19.6 Å². The summed E-state index contributed by atoms with van der Waals surface area (Å²) >= 11 is 5.88. The maximum Gasteiger partial charge on any atom is 0.240 e. The van der Waals surface area contributed by atoms with Crippen molar-refractivity contribution in [3.63, 3.8) is 0 Å². The molecule has 0 aromatic heterocycles. The summed E-state index contributed by atoms with van der Waals surface area (Å²) in [5.74, 6) is 0. The fourth-order valence-corrected chi connectivity index (χ4v) is 3.81. The highest BCUT2D eigenvalue weighted by atomic mass is 35.5. The van der Waals surface area contributed by atoms with E-state index in [9.17, 15) is 8.42 Å². The van der Waals surface area contributed by atoms with Gasteiger partial charge >= 0.3 is 0 Å². The molecular formula is C14H21ClN2O3S. The number of likely N-dealkylation sites (tertiary alicyclic amines) is 1. The van der Waals surface area contributed by atoms with E-state index in [0.29, 0.717) is 17.1 Å². The van der Waals surface area contributed by atoms with Crippen LogP contribution in [0, 0.1) is 0 Å². The number of halogens is 1. The first-order chi connectivity index (χ1) is 9.94. The van der Waals surface area contributed by atoms with Gasteiger partial charge in [-0.1, -0.05) is 11.6 Å². The van der Waals surface area contributed by atoms with Gasteiger partial charge in [0.25, 0.3) is 0 Å². The van der Waals surface area contributed by atoms with Crippen LogP contribution < -0.4 is 4.72 Å². The van der Waals surface area contributed by atoms with E-state index in [1.54, 1.807) is 0 Å². The van der Waals surface area contributed by atoms with Gasteiger partial charge in [-0.05, 0) is 56.6 Å². The fourth-order valence-electron chi connectivity index (χ4n) is 2.46. The molecule has 0 amide bonds. The highest BCUT2D eigenvalue weighted by Crippen LogP contribution is 2.20. The molecule has 1 aliphatic rings. The number of sulfonamides is 1. The molecule has 21 heavy (non-hydrogen) atoms. The Labute approximate surface area is 131 Å². The average Bonchev–Trinajstić information content (AvgIpc) is 2.99. The zero-order chi connectivity index (χ0) is 15.5. The van der Waals surface area contributed by atoms with E-state index in [0.717, 1.165) is 13.1 Å². The number of nitrogens with one attached hydrogen (secondary N) is 1. The number of hydrogen-bond acceptors (Lipinski definition) is 4. The number of benzene rings is 1. The number of aliphatic hydroxyl groups excluding tert-OH is 1. The molecule has 0 saturated carbocycles. The van der Waals surface area contributed by atoms with Gasteiger partial charge in [-0.2, -0.15) is 0 Å². The van der Waals surface area contributed by atoms with Crippen molar-refractivity contribution in [2.45, 2.75) is 37.3 Å². The van der Waals surface area contributed by atoms with Gasteiger partial charge in [-0.15, -0.1) is 0 Å². The van der Waals surface area contributed by atoms with Crippen molar-refractivity contribution in [1.82, 2.24) is 9.62 Å². The highest BCUT2D eigenvalue weighted by Gasteiger charge is 2.21. The second kappa shape index (κ2) is 7.07. The average molecular weight is 333 g/mol. The minimum atomic E-state index is -3.58. The molecule has 1 aliphatic heterocycles. The first-order valence-corrected chi connectivity index (χ1v) is 8.93. The quantitative estimate of drug-likeness (QED) is 0.830. The lowest BCUT2D eigenvalue weighted by molar-refractivity contribution is 0.260. The maximum absolute atomic E-state index is 12.3. The Balaban J connectivity index is 2.04. The predicted molar refractivity (Wildman–Crippen MR) is 82.8 cm³/mol. The van der Waals surface area contributed by atoms with Crippen LogP contribution in [0.3, 0.4) is 0 Å². The first-order valence-electron chi connectivity index (χ1n) is 7.07. The molecule has 0 aliphatic carbocycles. The number of nitrogens with zero attached hydrogens (tertiary/aromatic N) is 1. The molecule has 2 rings (SSSR count). The predicted octanol–water partition coefficient (Wildman–Crippen LogP) is 1.59. The van der Waals surface area contributed by atoms with Gasteiger partial charge in [0.05, 0.1) is 11.5 Å². The summed E-state index contributed by atoms with van der Waals surface area (Å²) in [6.07, 6.45) is 2.35. The summed E-state index contributed by atoms with van der Waals surface area (Å²) in [5.41, 5.74) is 0.409. The highest BCUT2D eigenvalue weighted by molar-refractivity contribution is 7.89. The molecule has 7 heteroatoms. The Morgan fingerprint density at radius 2 is 2.05 bits per heavy atom. The number of hydrogen-bond donors (Lipinski definition) is 2. The summed E-state index contributed by atoms with van der Waals surface area (Å²) in [6, 6.07) is 4.52. The van der Waals surface area contributed by atoms with Crippen molar-refractivity contribution in [2.24, 2.45) is 0 Å². The van der Waals surface area contributed by atoms with E-state index < -0.39 is 10.0 Å². The number of rotatable bonds is 6. The van der Waals surface area contributed by atoms with Crippen LogP contribution in [0.25, 0.3) is 0 Å². The van der Waals surface area contributed by atoms with Gasteiger partial charge in [-0.3, -0.25) is 4.90 Å². The molecule has 1 saturated heterocycles. The van der Waals surface area contributed by atoms with E-state index >= 15 is 0 Å². The Morgan fingerprint density at radius 3 is 2.67 bits per heavy atom. The summed E-state index contributed by atoms with van der Waals surface area (Å²) in [7, 11) is -3.58. The van der Waals surface area contributed by atoms with Gasteiger partial charge in [0, 0.05) is 17.6 Å². The topological polar surface area (TPSA) is 69.6 Å². The van der Waals surface area contributed by atoms with Gasteiger partial charge in [0.1, 0.15) is 0 Å². The SMILES string of the molecule is CC(CNS(=O)(=O)c1ccc(Cl)c(CO)c1)N1CCCC1. The second-order valence-corrected chi connectivity index (χ2v) is 7.53. The third-order valence-corrected chi connectivity index (χ3v) is 5.62. The first kappa shape index (κ1) is 16.7. The smallest absolute Gasteiger partial charge is 0.240 e. The third kappa shape index (κ3) is 4.17. The Hall–Kier alpha value is -0.660. The van der Waals surface area contributed by atoms with Crippen LogP contribution in [0.2, 0.25) is 5.02 Å². The monoisotopic (exact) mass is 332 g/mol. The van der Waals surface area contributed by atoms with Crippen molar-refractivity contribution in [1.29, 1.82) is 0 Å². The summed E-state index contributed by atoms with van der Waals surface area (Å²) < 4.78 is 27.2. The summed E-state index contributed by atoms with van der Waals surface area (Å²) in [5, 5.41) is 9.53. The molecule has 1 atom stereocenters. The minimum absolute atomic E-state index is 0.129. The van der Waals surface area contributed by atoms with Gasteiger partial charge in [0.15, 0.2) is 0 Å². The lowest BCUT2D eigenvalue weighted by Gasteiger charge is -2.23. The Morgan fingerprint density at radius 1 is 1.38 bits per heavy atom. The molecule has 1 fully saturated rings. The van der Waals surface area contributed by atoms with Crippen LogP contribution in [0.15, 0.2) is 23.1 Å². The zero-order valence-electron chi connectivity index (χ0n) is 12.0. The van der Waals surface area contributed by atoms with Crippen molar-refractivity contribution < 1.29 is 13.5 Å². The minimum Gasteiger partial charge on any atom is -0.392 e. The van der Waals surface area contributed by atoms with E-state index in [1.165, 1.54) is 31.0 Å². The van der Waals surface area contributed by atoms with E-state index in [1.807, 2.05) is 6.92 Å². The molecule has 1 aromatic carbocycles. The third-order valence-electron chi connectivity index (χ3n) is 3.83. The molecule has 5 nitrogen and oxygen atoms in total. The maximum atomic E-state index is 12.3. The Bertz CT molecular complexity index is 586. The van der Waals surface area contributed by atoms with E-state index in [-0.39, 0.29) is 17.5 Å². The number of aliphatic hydroxyl groups is 1. The van der Waals surface area contributed by atoms with Crippen LogP contribution in [-0.2, 0) is 16.6 Å². The molecular weight excluding hydrogens is 312 g/mol. The van der Waals surface area contributed by atoms with Gasteiger partial charge < -0.3 is 5.11 Å². The summed E-state index contributed by atoms with van der Waals surface area (Å²) in [4.78, 5) is 2.41. The van der Waals surface area contributed by atoms with Crippen LogP contribution in [0.5, 0.6) is 0 Å². The molecule has 0 bridgehead atoms. The largest absolute Gasteiger partial charge is 0.392 e. The molecule has 1 unspecified atom stereocenters. The molecule has 1 aromatic rings. The van der Waals surface area contributed by atoms with Crippen LogP contribution >= 0.6 is 11.6 Å². The van der Waals surface area contributed by atoms with Gasteiger partial charge in [0.2, 0.25) is 10.0 Å². The normalized spacial score (nSPS) is 18.0. The Kier molecular flexibility index (Phi) is 5.62. The molecule has 1 heterocycles. The van der Waals surface area contributed by atoms with Crippen LogP contribution in [0.4, 0.5) is 0 Å². The molecule has 0 radical (unpaired) electrons. The van der Waals surface area contributed by atoms with Gasteiger partial charge in [-0.25, -0.2) is 13.1 Å². The van der Waals surface area contributed by atoms with Crippen molar-refractivity contribution in [3.8, 4) is 0 Å². The zero-order valence-corrected chi connectivity index (χ0v) is 13.6.